The largest absolute Gasteiger partial charge is 0.463 e. The van der Waals surface area contributed by atoms with E-state index in [2.05, 4.69) is 31.2 Å². The third-order valence-corrected chi connectivity index (χ3v) is 9.08. The van der Waals surface area contributed by atoms with E-state index in [0.717, 1.165) is 38.7 Å². The molecule has 0 bridgehead atoms. The Hall–Kier alpha value is -5.10. The molecule has 1 heterocycles. The van der Waals surface area contributed by atoms with Crippen LogP contribution in [0.15, 0.2) is 72.8 Å². The minimum atomic E-state index is -1.32. The normalized spacial score (nSPS) is 17.5. The Morgan fingerprint density at radius 1 is 0.736 bits per heavy atom. The molecule has 284 valence electrons. The predicted octanol–water partition coefficient (Wildman–Crippen LogP) is 6.38. The highest BCUT2D eigenvalue weighted by Gasteiger charge is 2.48. The van der Waals surface area contributed by atoms with Crippen LogP contribution in [0.5, 0.6) is 0 Å². The summed E-state index contributed by atoms with van der Waals surface area (Å²) in [5.74, 6) is -3.40. The van der Waals surface area contributed by atoms with Gasteiger partial charge in [-0.1, -0.05) is 55.5 Å². The fraction of sp³-hybridized carbons (Fsp3) is 0.439. The zero-order chi connectivity index (χ0) is 38.7. The average molecular weight is 734 g/mol. The van der Waals surface area contributed by atoms with Gasteiger partial charge in [0.2, 0.25) is 5.91 Å². The monoisotopic (exact) mass is 733 g/mol. The van der Waals surface area contributed by atoms with E-state index in [0.29, 0.717) is 17.7 Å². The second-order valence-corrected chi connectivity index (χ2v) is 13.2. The predicted molar refractivity (Wildman–Crippen MR) is 193 cm³/mol. The number of esters is 4. The van der Waals surface area contributed by atoms with Crippen LogP contribution in [0.1, 0.15) is 82.7 Å². The van der Waals surface area contributed by atoms with Crippen LogP contribution in [0.2, 0.25) is 0 Å². The van der Waals surface area contributed by atoms with Gasteiger partial charge < -0.3 is 28.6 Å². The number of hydrogen-bond acceptors (Lipinski definition) is 10. The van der Waals surface area contributed by atoms with E-state index in [9.17, 15) is 28.4 Å². The summed E-state index contributed by atoms with van der Waals surface area (Å²) in [7, 11) is 0. The van der Waals surface area contributed by atoms with Crippen molar-refractivity contribution in [2.24, 2.45) is 5.92 Å². The van der Waals surface area contributed by atoms with Crippen molar-refractivity contribution < 1.29 is 52.0 Å². The molecule has 1 fully saturated rings. The summed E-state index contributed by atoms with van der Waals surface area (Å²) in [6.07, 6.45) is -1.48. The zero-order valence-corrected chi connectivity index (χ0v) is 31.0. The maximum Gasteiger partial charge on any atom is 0.303 e. The second-order valence-electron chi connectivity index (χ2n) is 13.2. The number of aryl methyl sites for hydroxylation is 2. The molecule has 6 atom stereocenters. The first kappa shape index (κ1) is 40.7. The minimum Gasteiger partial charge on any atom is -0.463 e. The van der Waals surface area contributed by atoms with Gasteiger partial charge in [-0.05, 0) is 79.1 Å². The lowest BCUT2D eigenvalue weighted by molar-refractivity contribution is -0.200. The minimum absolute atomic E-state index is 0.0227. The molecule has 0 saturated carbocycles. The standard InChI is InChI=1S/C41H48FNO10/c1-7-30-11-13-31(14-12-30)9-8-10-36-38(43(41(36)48)35-21-19-34(42)20-22-35)33-17-15-32(16-18-33)23-50-37(24-49-26(3)44)40(53-29(6)47)39(52-28(5)46)25(2)51-27(4)45/h11-22,25,36-40H,7-10,23-24H2,1-6H3/t25-,36+,37+,38?,39+,40+/m0/s1. The van der Waals surface area contributed by atoms with Crippen molar-refractivity contribution >= 4 is 35.5 Å². The molecule has 12 heteroatoms. The summed E-state index contributed by atoms with van der Waals surface area (Å²) in [5.41, 5.74) is 4.68. The maximum absolute atomic E-state index is 13.8. The van der Waals surface area contributed by atoms with Crippen LogP contribution in [0.4, 0.5) is 10.1 Å². The van der Waals surface area contributed by atoms with Gasteiger partial charge in [0, 0.05) is 33.4 Å². The number of carbonyl (C=O) groups excluding carboxylic acids is 5. The number of anilines is 1. The van der Waals surface area contributed by atoms with Gasteiger partial charge in [-0.3, -0.25) is 24.0 Å². The van der Waals surface area contributed by atoms with E-state index < -0.39 is 54.1 Å². The first-order valence-electron chi connectivity index (χ1n) is 17.8. The summed E-state index contributed by atoms with van der Waals surface area (Å²) in [6.45, 7) is 7.90. The van der Waals surface area contributed by atoms with Crippen molar-refractivity contribution in [3.8, 4) is 0 Å². The van der Waals surface area contributed by atoms with Gasteiger partial charge in [0.1, 0.15) is 24.6 Å². The number of carbonyl (C=O) groups is 5. The molecule has 1 unspecified atom stereocenters. The van der Waals surface area contributed by atoms with Crippen LogP contribution < -0.4 is 4.90 Å². The van der Waals surface area contributed by atoms with Crippen molar-refractivity contribution in [1.82, 2.24) is 0 Å². The van der Waals surface area contributed by atoms with Gasteiger partial charge >= 0.3 is 23.9 Å². The zero-order valence-electron chi connectivity index (χ0n) is 31.0. The van der Waals surface area contributed by atoms with Crippen molar-refractivity contribution in [2.45, 2.75) is 104 Å². The Morgan fingerprint density at radius 2 is 1.30 bits per heavy atom. The van der Waals surface area contributed by atoms with E-state index >= 15 is 0 Å². The SMILES string of the molecule is CCc1ccc(CCC[C@H]2C(=O)N(c3ccc(F)cc3)C2c2ccc(CO[C@H](COC(C)=O)[C@@H](OC(C)=O)[C@H](OC(C)=O)[C@H](C)OC(C)=O)cc2)cc1. The number of rotatable bonds is 18. The number of benzene rings is 3. The maximum atomic E-state index is 13.8. The van der Waals surface area contributed by atoms with Crippen molar-refractivity contribution in [3.63, 3.8) is 0 Å². The number of hydrogen-bond donors (Lipinski definition) is 0. The molecule has 1 saturated heterocycles. The molecule has 1 aliphatic heterocycles. The molecule has 0 spiro atoms. The molecular weight excluding hydrogens is 685 g/mol. The number of nitrogens with zero attached hydrogens (tertiary/aromatic N) is 1. The Bertz CT molecular complexity index is 1710. The molecule has 0 N–H and O–H groups in total. The van der Waals surface area contributed by atoms with Crippen LogP contribution in [0.25, 0.3) is 0 Å². The number of ether oxygens (including phenoxy) is 5. The second kappa shape index (κ2) is 19.1. The van der Waals surface area contributed by atoms with E-state index in [-0.39, 0.29) is 31.1 Å². The van der Waals surface area contributed by atoms with Gasteiger partial charge in [-0.2, -0.15) is 0 Å². The first-order valence-corrected chi connectivity index (χ1v) is 17.8. The fourth-order valence-corrected chi connectivity index (χ4v) is 6.52. The van der Waals surface area contributed by atoms with Crippen LogP contribution >= 0.6 is 0 Å². The van der Waals surface area contributed by atoms with Gasteiger partial charge in [-0.25, -0.2) is 4.39 Å². The fourth-order valence-electron chi connectivity index (χ4n) is 6.52. The number of β-lactam (4-membered cyclic amide) rings is 1. The molecule has 0 aromatic heterocycles. The van der Waals surface area contributed by atoms with E-state index in [1.54, 1.807) is 17.0 Å². The Balaban J connectivity index is 1.54. The van der Waals surface area contributed by atoms with Gasteiger partial charge in [0.05, 0.1) is 18.6 Å². The molecule has 3 aromatic carbocycles. The lowest BCUT2D eigenvalue weighted by Gasteiger charge is -2.47. The van der Waals surface area contributed by atoms with Gasteiger partial charge in [0.15, 0.2) is 12.2 Å². The smallest absolute Gasteiger partial charge is 0.303 e. The lowest BCUT2D eigenvalue weighted by Crippen LogP contribution is -2.55. The molecule has 11 nitrogen and oxygen atoms in total. The number of halogens is 1. The summed E-state index contributed by atoms with van der Waals surface area (Å²) >= 11 is 0. The summed E-state index contributed by atoms with van der Waals surface area (Å²) in [6, 6.07) is 21.6. The molecule has 0 aliphatic carbocycles. The quantitative estimate of drug-likeness (QED) is 0.0824. The molecular formula is C41H48FNO10. The molecule has 0 radical (unpaired) electrons. The Kier molecular flexibility index (Phi) is 14.7. The van der Waals surface area contributed by atoms with E-state index in [4.69, 9.17) is 23.7 Å². The van der Waals surface area contributed by atoms with Gasteiger partial charge in [-0.15, -0.1) is 0 Å². The van der Waals surface area contributed by atoms with Gasteiger partial charge in [0.25, 0.3) is 0 Å². The molecule has 53 heavy (non-hydrogen) atoms. The molecule has 1 amide bonds. The topological polar surface area (TPSA) is 135 Å². The summed E-state index contributed by atoms with van der Waals surface area (Å²) in [5, 5.41) is 0. The van der Waals surface area contributed by atoms with Crippen LogP contribution in [0, 0.1) is 11.7 Å². The summed E-state index contributed by atoms with van der Waals surface area (Å²) < 4.78 is 41.4. The van der Waals surface area contributed by atoms with Crippen molar-refractivity contribution in [2.75, 3.05) is 11.5 Å². The van der Waals surface area contributed by atoms with E-state index in [1.807, 2.05) is 24.3 Å². The van der Waals surface area contributed by atoms with Crippen LogP contribution in [-0.2, 0) is 67.1 Å². The number of amides is 1. The highest BCUT2D eigenvalue weighted by atomic mass is 19.1. The highest BCUT2D eigenvalue weighted by molar-refractivity contribution is 6.03. The van der Waals surface area contributed by atoms with Crippen molar-refractivity contribution in [3.05, 3.63) is 101 Å². The lowest BCUT2D eigenvalue weighted by atomic mass is 9.78. The Labute approximate surface area is 309 Å². The third kappa shape index (κ3) is 11.4. The molecule has 1 aliphatic rings. The molecule has 4 rings (SSSR count). The van der Waals surface area contributed by atoms with Crippen molar-refractivity contribution in [1.29, 1.82) is 0 Å². The molecule has 3 aromatic rings. The highest BCUT2D eigenvalue weighted by Crippen LogP contribution is 2.45. The Morgan fingerprint density at radius 3 is 1.87 bits per heavy atom. The third-order valence-electron chi connectivity index (χ3n) is 9.08. The van der Waals surface area contributed by atoms with Crippen LogP contribution in [0.3, 0.4) is 0 Å². The summed E-state index contributed by atoms with van der Waals surface area (Å²) in [4.78, 5) is 63.1. The van der Waals surface area contributed by atoms with E-state index in [1.165, 1.54) is 44.0 Å². The average Bonchev–Trinajstić information content (AvgIpc) is 3.11. The van der Waals surface area contributed by atoms with Crippen LogP contribution in [-0.4, -0.2) is 60.8 Å². The first-order chi connectivity index (χ1) is 25.3.